The van der Waals surface area contributed by atoms with Gasteiger partial charge >= 0.3 is 0 Å². The van der Waals surface area contributed by atoms with Crippen LogP contribution in [0.5, 0.6) is 0 Å². The van der Waals surface area contributed by atoms with Gasteiger partial charge in [-0.2, -0.15) is 0 Å². The van der Waals surface area contributed by atoms with Crippen molar-refractivity contribution < 1.29 is 4.74 Å². The normalized spacial score (nSPS) is 29.6. The Hall–Kier alpha value is -0.510. The maximum absolute atomic E-state index is 5.78. The summed E-state index contributed by atoms with van der Waals surface area (Å²) < 4.78 is 5.46. The Morgan fingerprint density at radius 3 is 2.92 bits per heavy atom. The molecule has 1 saturated heterocycles. The molecule has 0 aromatic heterocycles. The highest BCUT2D eigenvalue weighted by Gasteiger charge is 2.20. The lowest BCUT2D eigenvalue weighted by Crippen LogP contribution is -2.48. The molecule has 72 valence electrons. The maximum atomic E-state index is 5.78. The molecule has 0 amide bonds. The molecule has 1 fully saturated rings. The summed E-state index contributed by atoms with van der Waals surface area (Å²) >= 11 is 5.78. The lowest BCUT2D eigenvalue weighted by atomic mass is 10.3. The molecule has 1 atom stereocenters. The van der Waals surface area contributed by atoms with Crippen LogP contribution in [-0.4, -0.2) is 37.3 Å². The topological polar surface area (TPSA) is 24.5 Å². The fourth-order valence-electron chi connectivity index (χ4n) is 1.55. The van der Waals surface area contributed by atoms with Crippen LogP contribution in [0, 0.1) is 0 Å². The molecule has 1 unspecified atom stereocenters. The van der Waals surface area contributed by atoms with E-state index in [1.807, 2.05) is 12.2 Å². The minimum absolute atomic E-state index is 0.0274. The first-order valence-electron chi connectivity index (χ1n) is 4.52. The van der Waals surface area contributed by atoms with Gasteiger partial charge in [-0.05, 0) is 23.8 Å². The molecule has 2 aliphatic rings. The summed E-state index contributed by atoms with van der Waals surface area (Å²) in [5.74, 6) is 0. The molecule has 3 nitrogen and oxygen atoms in total. The first kappa shape index (κ1) is 9.06. The highest BCUT2D eigenvalue weighted by Crippen LogP contribution is 2.17. The van der Waals surface area contributed by atoms with Gasteiger partial charge in [-0.25, -0.2) is 0 Å². The van der Waals surface area contributed by atoms with Crippen LogP contribution in [0.3, 0.4) is 0 Å². The smallest absolute Gasteiger partial charge is 0.189 e. The molecule has 0 spiro atoms. The number of allylic oxidation sites excluding steroid dienone is 2. The van der Waals surface area contributed by atoms with Crippen LogP contribution < -0.4 is 5.32 Å². The third kappa shape index (κ3) is 2.24. The van der Waals surface area contributed by atoms with Gasteiger partial charge in [0.15, 0.2) is 11.4 Å². The molecule has 2 rings (SSSR count). The fraction of sp³-hybridized carbons (Fsp3) is 0.556. The van der Waals surface area contributed by atoms with E-state index < -0.39 is 0 Å². The van der Waals surface area contributed by atoms with Crippen molar-refractivity contribution in [2.75, 3.05) is 26.2 Å². The zero-order valence-corrected chi connectivity index (χ0v) is 8.13. The molecule has 0 aliphatic carbocycles. The molecule has 1 N–H and O–H groups in total. The Kier molecular flexibility index (Phi) is 2.88. The summed E-state index contributed by atoms with van der Waals surface area (Å²) in [6.45, 7) is 4.07. The van der Waals surface area contributed by atoms with Crippen LogP contribution in [0.4, 0.5) is 0 Å². The monoisotopic (exact) mass is 200 g/mol. The van der Waals surface area contributed by atoms with E-state index in [9.17, 15) is 0 Å². The van der Waals surface area contributed by atoms with Crippen molar-refractivity contribution in [2.45, 2.75) is 6.23 Å². The summed E-state index contributed by atoms with van der Waals surface area (Å²) in [4.78, 5) is 2.27. The quantitative estimate of drug-likeness (QED) is 0.681. The Balaban J connectivity index is 1.93. The van der Waals surface area contributed by atoms with Crippen molar-refractivity contribution in [2.24, 2.45) is 0 Å². The van der Waals surface area contributed by atoms with E-state index in [0.29, 0.717) is 5.22 Å². The van der Waals surface area contributed by atoms with Crippen LogP contribution in [0.25, 0.3) is 0 Å². The van der Waals surface area contributed by atoms with E-state index in [2.05, 4.69) is 10.2 Å². The zero-order valence-electron chi connectivity index (χ0n) is 7.37. The third-order valence-corrected chi connectivity index (χ3v) is 2.46. The van der Waals surface area contributed by atoms with Crippen LogP contribution in [0.1, 0.15) is 0 Å². The second-order valence-electron chi connectivity index (χ2n) is 3.15. The molecule has 2 aliphatic heterocycles. The fourth-order valence-corrected chi connectivity index (χ4v) is 1.72. The maximum Gasteiger partial charge on any atom is 0.189 e. The number of hydrogen-bond donors (Lipinski definition) is 1. The van der Waals surface area contributed by atoms with Gasteiger partial charge in [-0.15, -0.1) is 0 Å². The molecule has 0 bridgehead atoms. The van der Waals surface area contributed by atoms with Crippen molar-refractivity contribution in [3.05, 3.63) is 23.4 Å². The average Bonchev–Trinajstić information content (AvgIpc) is 2.19. The molecule has 13 heavy (non-hydrogen) atoms. The molecule has 0 aromatic rings. The summed E-state index contributed by atoms with van der Waals surface area (Å²) in [7, 11) is 0. The van der Waals surface area contributed by atoms with E-state index in [0.717, 1.165) is 26.2 Å². The minimum Gasteiger partial charge on any atom is -0.461 e. The molecular formula is C9H13ClN2O. The van der Waals surface area contributed by atoms with E-state index in [4.69, 9.17) is 16.3 Å². The molecular weight excluding hydrogens is 188 g/mol. The number of nitrogens with zero attached hydrogens (tertiary/aromatic N) is 1. The van der Waals surface area contributed by atoms with Gasteiger partial charge in [0.25, 0.3) is 0 Å². The molecule has 0 saturated carbocycles. The number of ether oxygens (including phenoxy) is 1. The minimum atomic E-state index is 0.0274. The first-order valence-corrected chi connectivity index (χ1v) is 4.89. The van der Waals surface area contributed by atoms with Gasteiger partial charge in [-0.1, -0.05) is 6.08 Å². The van der Waals surface area contributed by atoms with E-state index in [1.54, 1.807) is 6.08 Å². The predicted molar refractivity (Wildman–Crippen MR) is 52.4 cm³/mol. The van der Waals surface area contributed by atoms with Crippen molar-refractivity contribution in [3.8, 4) is 0 Å². The lowest BCUT2D eigenvalue weighted by molar-refractivity contribution is 0.0121. The van der Waals surface area contributed by atoms with Gasteiger partial charge < -0.3 is 10.1 Å². The summed E-state index contributed by atoms with van der Waals surface area (Å²) in [5, 5.41) is 3.77. The van der Waals surface area contributed by atoms with Crippen LogP contribution in [0.2, 0.25) is 0 Å². The highest BCUT2D eigenvalue weighted by molar-refractivity contribution is 6.28. The highest BCUT2D eigenvalue weighted by atomic mass is 35.5. The van der Waals surface area contributed by atoms with Gasteiger partial charge in [0.2, 0.25) is 0 Å². The molecule has 2 heterocycles. The predicted octanol–water partition coefficient (Wildman–Crippen LogP) is 0.884. The van der Waals surface area contributed by atoms with Crippen LogP contribution in [-0.2, 0) is 4.74 Å². The number of hydrogen-bond acceptors (Lipinski definition) is 3. The van der Waals surface area contributed by atoms with Crippen LogP contribution in [0.15, 0.2) is 23.4 Å². The van der Waals surface area contributed by atoms with Gasteiger partial charge in [0, 0.05) is 26.2 Å². The zero-order chi connectivity index (χ0) is 9.10. The standard InChI is InChI=1S/C9H13ClN2O/c10-8-2-1-3-9(13-8)12-6-4-11-5-7-12/h1-3,9,11H,4-7H2. The van der Waals surface area contributed by atoms with Crippen molar-refractivity contribution in [1.82, 2.24) is 10.2 Å². The second-order valence-corrected chi connectivity index (χ2v) is 3.52. The number of halogens is 1. The summed E-state index contributed by atoms with van der Waals surface area (Å²) in [5.41, 5.74) is 0. The largest absolute Gasteiger partial charge is 0.461 e. The van der Waals surface area contributed by atoms with Gasteiger partial charge in [0.05, 0.1) is 0 Å². The third-order valence-electron chi connectivity index (χ3n) is 2.25. The first-order chi connectivity index (χ1) is 6.36. The van der Waals surface area contributed by atoms with E-state index >= 15 is 0 Å². The SMILES string of the molecule is ClC1=CC=CC(N2CCNCC2)O1. The number of rotatable bonds is 1. The average molecular weight is 201 g/mol. The second kappa shape index (κ2) is 4.13. The Labute approximate surface area is 83.0 Å². The molecule has 0 aromatic carbocycles. The number of nitrogens with one attached hydrogen (secondary N) is 1. The van der Waals surface area contributed by atoms with E-state index in [-0.39, 0.29) is 6.23 Å². The Morgan fingerprint density at radius 1 is 1.46 bits per heavy atom. The van der Waals surface area contributed by atoms with E-state index in [1.165, 1.54) is 0 Å². The summed E-state index contributed by atoms with van der Waals surface area (Å²) in [6.07, 6.45) is 5.76. The number of piperazine rings is 1. The summed E-state index contributed by atoms with van der Waals surface area (Å²) in [6, 6.07) is 0. The molecule has 0 radical (unpaired) electrons. The van der Waals surface area contributed by atoms with Crippen molar-refractivity contribution >= 4 is 11.6 Å². The lowest BCUT2D eigenvalue weighted by Gasteiger charge is -2.33. The van der Waals surface area contributed by atoms with Crippen molar-refractivity contribution in [1.29, 1.82) is 0 Å². The Morgan fingerprint density at radius 2 is 2.23 bits per heavy atom. The molecule has 4 heteroatoms. The van der Waals surface area contributed by atoms with Gasteiger partial charge in [0.1, 0.15) is 0 Å². The van der Waals surface area contributed by atoms with Crippen molar-refractivity contribution in [3.63, 3.8) is 0 Å². The van der Waals surface area contributed by atoms with Crippen LogP contribution >= 0.6 is 11.6 Å². The Bertz CT molecular complexity index is 234. The van der Waals surface area contributed by atoms with Gasteiger partial charge in [-0.3, -0.25) is 4.90 Å².